The molecule has 1 aromatic rings. The molecule has 2 heteroatoms. The molecule has 0 spiro atoms. The van der Waals surface area contributed by atoms with Gasteiger partial charge in [-0.2, -0.15) is 0 Å². The monoisotopic (exact) mass is 166 g/mol. The first-order valence-corrected chi connectivity index (χ1v) is 3.68. The summed E-state index contributed by atoms with van der Waals surface area (Å²) in [6.45, 7) is 5.09. The first kappa shape index (κ1) is 8.94. The highest BCUT2D eigenvalue weighted by Gasteiger charge is 2.17. The van der Waals surface area contributed by atoms with E-state index >= 15 is 0 Å². The first-order chi connectivity index (χ1) is 5.56. The molecule has 1 unspecified atom stereocenters. The predicted molar refractivity (Wildman–Crippen MR) is 46.2 cm³/mol. The van der Waals surface area contributed by atoms with Gasteiger partial charge >= 0.3 is 0 Å². The second-order valence-electron chi connectivity index (χ2n) is 2.86. The van der Waals surface area contributed by atoms with Crippen LogP contribution in [0.1, 0.15) is 12.5 Å². The van der Waals surface area contributed by atoms with Crippen LogP contribution in [0.2, 0.25) is 0 Å². The molecule has 0 heterocycles. The van der Waals surface area contributed by atoms with E-state index in [1.807, 2.05) is 0 Å². The Morgan fingerprint density at radius 3 is 2.33 bits per heavy atom. The summed E-state index contributed by atoms with van der Waals surface area (Å²) in [5.41, 5.74) is -0.438. The Bertz CT molecular complexity index is 274. The maximum absolute atomic E-state index is 12.5. The molecule has 0 saturated carbocycles. The lowest BCUT2D eigenvalue weighted by Crippen LogP contribution is -2.16. The molecule has 0 bridgehead atoms. The molecule has 0 fully saturated rings. The topological polar surface area (TPSA) is 20.2 Å². The van der Waals surface area contributed by atoms with Crippen LogP contribution in [0.25, 0.3) is 0 Å². The Morgan fingerprint density at radius 2 is 1.92 bits per heavy atom. The summed E-state index contributed by atoms with van der Waals surface area (Å²) in [7, 11) is 0. The maximum Gasteiger partial charge on any atom is 0.123 e. The summed E-state index contributed by atoms with van der Waals surface area (Å²) in [6, 6.07) is 5.70. The van der Waals surface area contributed by atoms with Gasteiger partial charge in [-0.25, -0.2) is 4.39 Å². The minimum absolute atomic E-state index is 0.307. The third kappa shape index (κ3) is 1.71. The molecule has 1 aromatic carbocycles. The Hall–Kier alpha value is -1.15. The van der Waals surface area contributed by atoms with Gasteiger partial charge in [-0.1, -0.05) is 24.8 Å². The molecule has 0 amide bonds. The fourth-order valence-corrected chi connectivity index (χ4v) is 0.905. The van der Waals surface area contributed by atoms with Crippen molar-refractivity contribution in [3.8, 4) is 0 Å². The Kier molecular flexibility index (Phi) is 2.29. The SMILES string of the molecule is C=CC(C)(O)c1ccc(F)cc1. The standard InChI is InChI=1S/C10H11FO/c1-3-10(2,12)8-4-6-9(11)7-5-8/h3-7,12H,1H2,2H3. The van der Waals surface area contributed by atoms with E-state index in [9.17, 15) is 9.50 Å². The fraction of sp³-hybridized carbons (Fsp3) is 0.200. The Balaban J connectivity index is 3.04. The maximum atomic E-state index is 12.5. The molecule has 0 aromatic heterocycles. The zero-order chi connectivity index (χ0) is 9.19. The lowest BCUT2D eigenvalue weighted by atomic mass is 9.96. The van der Waals surface area contributed by atoms with Gasteiger partial charge < -0.3 is 5.11 Å². The molecule has 0 saturated heterocycles. The van der Waals surface area contributed by atoms with Gasteiger partial charge in [0.2, 0.25) is 0 Å². The van der Waals surface area contributed by atoms with E-state index < -0.39 is 5.60 Å². The normalized spacial score (nSPS) is 15.2. The number of aliphatic hydroxyl groups is 1. The smallest absolute Gasteiger partial charge is 0.123 e. The van der Waals surface area contributed by atoms with Crippen LogP contribution < -0.4 is 0 Å². The highest BCUT2D eigenvalue weighted by atomic mass is 19.1. The van der Waals surface area contributed by atoms with Crippen molar-refractivity contribution in [2.24, 2.45) is 0 Å². The minimum Gasteiger partial charge on any atom is -0.381 e. The van der Waals surface area contributed by atoms with Crippen molar-refractivity contribution in [2.75, 3.05) is 0 Å². The average Bonchev–Trinajstić information content (AvgIpc) is 2.05. The third-order valence-electron chi connectivity index (χ3n) is 1.83. The fourth-order valence-electron chi connectivity index (χ4n) is 0.905. The summed E-state index contributed by atoms with van der Waals surface area (Å²) in [5, 5.41) is 9.64. The average molecular weight is 166 g/mol. The Labute approximate surface area is 71.2 Å². The van der Waals surface area contributed by atoms with Crippen molar-refractivity contribution in [1.29, 1.82) is 0 Å². The summed E-state index contributed by atoms with van der Waals surface area (Å²) in [5.74, 6) is -0.307. The quantitative estimate of drug-likeness (QED) is 0.668. The van der Waals surface area contributed by atoms with E-state index in [2.05, 4.69) is 6.58 Å². The number of benzene rings is 1. The molecule has 1 N–H and O–H groups in total. The molecule has 12 heavy (non-hydrogen) atoms. The van der Waals surface area contributed by atoms with E-state index in [4.69, 9.17) is 0 Å². The van der Waals surface area contributed by atoms with Crippen molar-refractivity contribution >= 4 is 0 Å². The lowest BCUT2D eigenvalue weighted by molar-refractivity contribution is 0.111. The van der Waals surface area contributed by atoms with Gasteiger partial charge in [0.05, 0.1) is 0 Å². The van der Waals surface area contributed by atoms with E-state index in [0.29, 0.717) is 5.56 Å². The second kappa shape index (κ2) is 3.07. The van der Waals surface area contributed by atoms with Gasteiger partial charge in [-0.05, 0) is 24.6 Å². The van der Waals surface area contributed by atoms with Crippen LogP contribution in [-0.4, -0.2) is 5.11 Å². The van der Waals surface area contributed by atoms with E-state index in [-0.39, 0.29) is 5.82 Å². The Morgan fingerprint density at radius 1 is 1.42 bits per heavy atom. The molecular formula is C10H11FO. The second-order valence-corrected chi connectivity index (χ2v) is 2.86. The number of rotatable bonds is 2. The van der Waals surface area contributed by atoms with Gasteiger partial charge in [-0.3, -0.25) is 0 Å². The van der Waals surface area contributed by atoms with Crippen LogP contribution >= 0.6 is 0 Å². The number of hydrogen-bond donors (Lipinski definition) is 1. The molecule has 0 aliphatic carbocycles. The highest BCUT2D eigenvalue weighted by molar-refractivity contribution is 5.25. The molecule has 0 aliphatic heterocycles. The van der Waals surface area contributed by atoms with E-state index in [0.717, 1.165) is 0 Å². The third-order valence-corrected chi connectivity index (χ3v) is 1.83. The van der Waals surface area contributed by atoms with Crippen molar-refractivity contribution in [2.45, 2.75) is 12.5 Å². The number of hydrogen-bond acceptors (Lipinski definition) is 1. The van der Waals surface area contributed by atoms with Gasteiger partial charge in [0.1, 0.15) is 11.4 Å². The molecule has 1 nitrogen and oxygen atoms in total. The largest absolute Gasteiger partial charge is 0.381 e. The molecule has 0 radical (unpaired) electrons. The summed E-state index contributed by atoms with van der Waals surface area (Å²) >= 11 is 0. The van der Waals surface area contributed by atoms with E-state index in [1.165, 1.54) is 30.3 Å². The van der Waals surface area contributed by atoms with Crippen molar-refractivity contribution in [3.63, 3.8) is 0 Å². The van der Waals surface area contributed by atoms with Crippen LogP contribution in [0.15, 0.2) is 36.9 Å². The summed E-state index contributed by atoms with van der Waals surface area (Å²) in [6.07, 6.45) is 1.42. The molecule has 1 rings (SSSR count). The van der Waals surface area contributed by atoms with Crippen molar-refractivity contribution < 1.29 is 9.50 Å². The van der Waals surface area contributed by atoms with Crippen LogP contribution in [0, 0.1) is 5.82 Å². The molecular weight excluding hydrogens is 155 g/mol. The molecule has 1 atom stereocenters. The van der Waals surface area contributed by atoms with Gasteiger partial charge in [0.25, 0.3) is 0 Å². The highest BCUT2D eigenvalue weighted by Crippen LogP contribution is 2.21. The molecule has 0 aliphatic rings. The summed E-state index contributed by atoms with van der Waals surface area (Å²) < 4.78 is 12.5. The molecule has 64 valence electrons. The van der Waals surface area contributed by atoms with Crippen molar-refractivity contribution in [1.82, 2.24) is 0 Å². The zero-order valence-electron chi connectivity index (χ0n) is 6.92. The van der Waals surface area contributed by atoms with Gasteiger partial charge in [0, 0.05) is 0 Å². The number of halogens is 1. The lowest BCUT2D eigenvalue weighted by Gasteiger charge is -2.18. The van der Waals surface area contributed by atoms with Crippen LogP contribution in [0.3, 0.4) is 0 Å². The summed E-state index contributed by atoms with van der Waals surface area (Å²) in [4.78, 5) is 0. The first-order valence-electron chi connectivity index (χ1n) is 3.68. The van der Waals surface area contributed by atoms with Gasteiger partial charge in [0.15, 0.2) is 0 Å². The van der Waals surface area contributed by atoms with Crippen LogP contribution in [0.4, 0.5) is 4.39 Å². The van der Waals surface area contributed by atoms with E-state index in [1.54, 1.807) is 6.92 Å². The van der Waals surface area contributed by atoms with Crippen molar-refractivity contribution in [3.05, 3.63) is 48.3 Å². The zero-order valence-corrected chi connectivity index (χ0v) is 6.92. The minimum atomic E-state index is -1.08. The van der Waals surface area contributed by atoms with Gasteiger partial charge in [-0.15, -0.1) is 0 Å². The predicted octanol–water partition coefficient (Wildman–Crippen LogP) is 2.22. The van der Waals surface area contributed by atoms with Crippen LogP contribution in [-0.2, 0) is 5.60 Å². The van der Waals surface area contributed by atoms with Crippen LogP contribution in [0.5, 0.6) is 0 Å².